The van der Waals surface area contributed by atoms with Crippen LogP contribution in [-0.4, -0.2) is 85.7 Å². The van der Waals surface area contributed by atoms with Gasteiger partial charge in [-0.05, 0) is 33.9 Å². The van der Waals surface area contributed by atoms with Gasteiger partial charge in [0.05, 0.1) is 25.5 Å². The summed E-state index contributed by atoms with van der Waals surface area (Å²) in [6.45, 7) is 7.25. The third-order valence-corrected chi connectivity index (χ3v) is 4.82. The molecular weight excluding hydrogens is 318 g/mol. The van der Waals surface area contributed by atoms with Gasteiger partial charge in [0.2, 0.25) is 5.91 Å². The van der Waals surface area contributed by atoms with Crippen LogP contribution in [0.2, 0.25) is 0 Å². The topological polar surface area (TPSA) is 61.8 Å². The van der Waals surface area contributed by atoms with Crippen LogP contribution in [0.4, 0.5) is 5.82 Å². The molecule has 2 saturated heterocycles. The van der Waals surface area contributed by atoms with Crippen LogP contribution in [0, 0.1) is 6.92 Å². The smallest absolute Gasteiger partial charge is 0.236 e. The van der Waals surface area contributed by atoms with E-state index in [4.69, 9.17) is 4.74 Å². The third-order valence-electron chi connectivity index (χ3n) is 4.82. The van der Waals surface area contributed by atoms with E-state index in [0.29, 0.717) is 12.5 Å². The third kappa shape index (κ3) is 4.67. The number of aryl methyl sites for hydroxylation is 1. The zero-order chi connectivity index (χ0) is 17.8. The number of carbonyl (C=O) groups is 1. The summed E-state index contributed by atoms with van der Waals surface area (Å²) >= 11 is 0. The van der Waals surface area contributed by atoms with Gasteiger partial charge >= 0.3 is 0 Å². The van der Waals surface area contributed by atoms with Crippen LogP contribution < -0.4 is 4.90 Å². The fourth-order valence-electron chi connectivity index (χ4n) is 3.55. The highest BCUT2D eigenvalue weighted by Crippen LogP contribution is 2.28. The average molecular weight is 347 g/mol. The van der Waals surface area contributed by atoms with Gasteiger partial charge in [-0.2, -0.15) is 0 Å². The van der Waals surface area contributed by atoms with Crippen LogP contribution in [0.3, 0.4) is 0 Å². The molecule has 0 aromatic carbocycles. The fraction of sp³-hybridized carbons (Fsp3) is 0.722. The Morgan fingerprint density at radius 3 is 2.76 bits per heavy atom. The lowest BCUT2D eigenvalue weighted by atomic mass is 9.94. The normalized spacial score (nSPS) is 21.7. The summed E-state index contributed by atoms with van der Waals surface area (Å²) in [6, 6.07) is 2.11. The van der Waals surface area contributed by atoms with Gasteiger partial charge < -0.3 is 19.4 Å². The molecule has 3 heterocycles. The first-order valence-electron chi connectivity index (χ1n) is 9.13. The van der Waals surface area contributed by atoms with Gasteiger partial charge in [0, 0.05) is 38.2 Å². The molecule has 138 valence electrons. The molecule has 0 N–H and O–H groups in total. The quantitative estimate of drug-likeness (QED) is 0.806. The molecule has 3 rings (SSSR count). The molecule has 0 saturated carbocycles. The Balaban J connectivity index is 1.74. The van der Waals surface area contributed by atoms with Crippen molar-refractivity contribution in [3.63, 3.8) is 0 Å². The number of carbonyl (C=O) groups excluding carboxylic acids is 1. The second-order valence-electron chi connectivity index (χ2n) is 7.21. The van der Waals surface area contributed by atoms with Crippen molar-refractivity contribution >= 4 is 11.7 Å². The first-order chi connectivity index (χ1) is 12.0. The number of aromatic nitrogens is 2. The fourth-order valence-corrected chi connectivity index (χ4v) is 3.55. The van der Waals surface area contributed by atoms with Gasteiger partial charge in [0.1, 0.15) is 11.6 Å². The second-order valence-corrected chi connectivity index (χ2v) is 7.21. The largest absolute Gasteiger partial charge is 0.378 e. The van der Waals surface area contributed by atoms with Crippen molar-refractivity contribution in [2.45, 2.75) is 25.7 Å². The van der Waals surface area contributed by atoms with Gasteiger partial charge in [-0.15, -0.1) is 0 Å². The number of morpholine rings is 1. The molecule has 1 aromatic rings. The van der Waals surface area contributed by atoms with Crippen molar-refractivity contribution in [1.82, 2.24) is 19.8 Å². The van der Waals surface area contributed by atoms with E-state index < -0.39 is 0 Å². The number of nitrogens with zero attached hydrogens (tertiary/aromatic N) is 5. The number of amides is 1. The van der Waals surface area contributed by atoms with Gasteiger partial charge in [0.25, 0.3) is 0 Å². The number of likely N-dealkylation sites (N-methyl/N-ethyl adjacent to an activating group) is 1. The van der Waals surface area contributed by atoms with Crippen LogP contribution in [-0.2, 0) is 9.53 Å². The van der Waals surface area contributed by atoms with Gasteiger partial charge in [-0.1, -0.05) is 0 Å². The minimum atomic E-state index is 0.203. The standard InChI is InChI=1S/C18H29N5O2/c1-14-19-16(11-17(20-14)22-7-9-25-10-8-22)15-5-4-6-23(12-15)18(24)13-21(2)3/h11,15H,4-10,12-13H2,1-3H3/t15-/m1/s1. The zero-order valence-electron chi connectivity index (χ0n) is 15.6. The summed E-state index contributed by atoms with van der Waals surface area (Å²) in [6.07, 6.45) is 2.10. The number of hydrogen-bond donors (Lipinski definition) is 0. The first-order valence-corrected chi connectivity index (χ1v) is 9.13. The van der Waals surface area contributed by atoms with Gasteiger partial charge in [0.15, 0.2) is 0 Å². The summed E-state index contributed by atoms with van der Waals surface area (Å²) in [5.74, 6) is 2.29. The molecule has 0 unspecified atom stereocenters. The predicted octanol–water partition coefficient (Wildman–Crippen LogP) is 0.889. The van der Waals surface area contributed by atoms with E-state index >= 15 is 0 Å². The maximum absolute atomic E-state index is 12.4. The summed E-state index contributed by atoms with van der Waals surface area (Å²) in [4.78, 5) is 27.9. The van der Waals surface area contributed by atoms with Crippen LogP contribution in [0.1, 0.15) is 30.3 Å². The highest BCUT2D eigenvalue weighted by atomic mass is 16.5. The van der Waals surface area contributed by atoms with Crippen molar-refractivity contribution in [3.05, 3.63) is 17.6 Å². The van der Waals surface area contributed by atoms with Crippen molar-refractivity contribution in [2.75, 3.05) is 64.9 Å². The predicted molar refractivity (Wildman–Crippen MR) is 96.9 cm³/mol. The lowest BCUT2D eigenvalue weighted by Gasteiger charge is -2.34. The molecule has 2 fully saturated rings. The highest BCUT2D eigenvalue weighted by molar-refractivity contribution is 5.78. The van der Waals surface area contributed by atoms with E-state index in [0.717, 1.165) is 69.6 Å². The Bertz CT molecular complexity index is 601. The number of piperidine rings is 1. The van der Waals surface area contributed by atoms with Gasteiger partial charge in [-0.25, -0.2) is 9.97 Å². The minimum absolute atomic E-state index is 0.203. The monoisotopic (exact) mass is 347 g/mol. The van der Waals surface area contributed by atoms with Crippen LogP contribution >= 0.6 is 0 Å². The Morgan fingerprint density at radius 2 is 2.04 bits per heavy atom. The molecule has 2 aliphatic rings. The number of likely N-dealkylation sites (tertiary alicyclic amines) is 1. The molecule has 0 spiro atoms. The molecule has 2 aliphatic heterocycles. The molecule has 7 nitrogen and oxygen atoms in total. The summed E-state index contributed by atoms with van der Waals surface area (Å²) in [5.41, 5.74) is 1.07. The molecule has 25 heavy (non-hydrogen) atoms. The number of hydrogen-bond acceptors (Lipinski definition) is 6. The van der Waals surface area contributed by atoms with Crippen molar-refractivity contribution in [3.8, 4) is 0 Å². The molecule has 1 amide bonds. The molecule has 0 radical (unpaired) electrons. The molecule has 7 heteroatoms. The van der Waals surface area contributed by atoms with Crippen molar-refractivity contribution in [2.24, 2.45) is 0 Å². The summed E-state index contributed by atoms with van der Waals surface area (Å²) in [5, 5.41) is 0. The number of anilines is 1. The Morgan fingerprint density at radius 1 is 1.28 bits per heavy atom. The van der Waals surface area contributed by atoms with Crippen molar-refractivity contribution < 1.29 is 9.53 Å². The van der Waals surface area contributed by atoms with E-state index in [1.165, 1.54) is 0 Å². The summed E-state index contributed by atoms with van der Waals surface area (Å²) in [7, 11) is 3.86. The molecule has 0 aliphatic carbocycles. The lowest BCUT2D eigenvalue weighted by molar-refractivity contribution is -0.133. The summed E-state index contributed by atoms with van der Waals surface area (Å²) < 4.78 is 5.44. The second kappa shape index (κ2) is 8.10. The average Bonchev–Trinajstić information content (AvgIpc) is 2.61. The highest BCUT2D eigenvalue weighted by Gasteiger charge is 2.27. The van der Waals surface area contributed by atoms with E-state index in [1.807, 2.05) is 30.8 Å². The SMILES string of the molecule is Cc1nc([C@@H]2CCCN(C(=O)CN(C)C)C2)cc(N2CCOCC2)n1. The maximum atomic E-state index is 12.4. The Hall–Kier alpha value is -1.73. The molecule has 1 atom stereocenters. The minimum Gasteiger partial charge on any atom is -0.378 e. The van der Waals surface area contributed by atoms with Crippen molar-refractivity contribution in [1.29, 1.82) is 0 Å². The van der Waals surface area contributed by atoms with E-state index in [1.54, 1.807) is 0 Å². The van der Waals surface area contributed by atoms with E-state index in [2.05, 4.69) is 20.9 Å². The van der Waals surface area contributed by atoms with E-state index in [9.17, 15) is 4.79 Å². The van der Waals surface area contributed by atoms with Crippen LogP contribution in [0.5, 0.6) is 0 Å². The first kappa shape index (κ1) is 18.1. The maximum Gasteiger partial charge on any atom is 0.236 e. The lowest BCUT2D eigenvalue weighted by Crippen LogP contribution is -2.43. The molecule has 1 aromatic heterocycles. The zero-order valence-corrected chi connectivity index (χ0v) is 15.6. The van der Waals surface area contributed by atoms with Gasteiger partial charge in [-0.3, -0.25) is 4.79 Å². The Labute approximate surface area is 150 Å². The number of ether oxygens (including phenoxy) is 1. The van der Waals surface area contributed by atoms with Crippen LogP contribution in [0.15, 0.2) is 6.07 Å². The Kier molecular flexibility index (Phi) is 5.86. The number of rotatable bonds is 4. The van der Waals surface area contributed by atoms with Crippen LogP contribution in [0.25, 0.3) is 0 Å². The molecular formula is C18H29N5O2. The molecule has 0 bridgehead atoms. The van der Waals surface area contributed by atoms with E-state index in [-0.39, 0.29) is 5.91 Å².